The summed E-state index contributed by atoms with van der Waals surface area (Å²) < 4.78 is 25.5. The molecule has 0 bridgehead atoms. The van der Waals surface area contributed by atoms with E-state index in [0.717, 1.165) is 32.8 Å². The molecule has 0 radical (unpaired) electrons. The number of amides is 1. The topological polar surface area (TPSA) is 66.5 Å². The van der Waals surface area contributed by atoms with Gasteiger partial charge in [-0.25, -0.2) is 8.42 Å². The third kappa shape index (κ3) is 5.32. The van der Waals surface area contributed by atoms with E-state index in [4.69, 9.17) is 0 Å². The number of aryl methyl sites for hydroxylation is 4. The number of carbonyl (C=O) groups is 1. The molecule has 0 heterocycles. The fourth-order valence-corrected chi connectivity index (χ4v) is 3.71. The van der Waals surface area contributed by atoms with E-state index in [2.05, 4.69) is 5.32 Å². The zero-order chi connectivity index (χ0) is 18.8. The number of rotatable bonds is 5. The third-order valence-electron chi connectivity index (χ3n) is 3.69. The molecule has 0 saturated heterocycles. The van der Waals surface area contributed by atoms with Crippen LogP contribution >= 0.6 is 0 Å². The van der Waals surface area contributed by atoms with Crippen LogP contribution in [0.1, 0.15) is 22.3 Å². The molecule has 6 heteroatoms. The van der Waals surface area contributed by atoms with Crippen molar-refractivity contribution >= 4 is 27.3 Å². The summed E-state index contributed by atoms with van der Waals surface area (Å²) >= 11 is 0. The molecule has 1 N–H and O–H groups in total. The summed E-state index contributed by atoms with van der Waals surface area (Å²) in [7, 11) is -3.58. The van der Waals surface area contributed by atoms with Gasteiger partial charge in [0.1, 0.15) is 6.54 Å². The molecule has 0 spiro atoms. The minimum absolute atomic E-state index is 0.269. The first-order valence-corrected chi connectivity index (χ1v) is 9.83. The quantitative estimate of drug-likeness (QED) is 0.889. The van der Waals surface area contributed by atoms with Crippen LogP contribution in [0.5, 0.6) is 0 Å². The van der Waals surface area contributed by atoms with Crippen LogP contribution in [-0.2, 0) is 14.8 Å². The van der Waals surface area contributed by atoms with E-state index in [1.807, 2.05) is 52.0 Å². The number of carbonyl (C=O) groups excluding carboxylic acids is 1. The maximum absolute atomic E-state index is 12.4. The largest absolute Gasteiger partial charge is 0.324 e. The first-order chi connectivity index (χ1) is 11.5. The molecule has 0 aliphatic carbocycles. The highest BCUT2D eigenvalue weighted by Crippen LogP contribution is 2.21. The van der Waals surface area contributed by atoms with Gasteiger partial charge in [0.05, 0.1) is 11.9 Å². The summed E-state index contributed by atoms with van der Waals surface area (Å²) in [4.78, 5) is 12.4. The summed E-state index contributed by atoms with van der Waals surface area (Å²) in [5.41, 5.74) is 5.11. The third-order valence-corrected chi connectivity index (χ3v) is 4.83. The predicted octanol–water partition coefficient (Wildman–Crippen LogP) is 3.32. The summed E-state index contributed by atoms with van der Waals surface area (Å²) in [6, 6.07) is 11.2. The molecule has 25 heavy (non-hydrogen) atoms. The lowest BCUT2D eigenvalue weighted by atomic mass is 10.1. The monoisotopic (exact) mass is 360 g/mol. The average molecular weight is 360 g/mol. The van der Waals surface area contributed by atoms with E-state index in [9.17, 15) is 13.2 Å². The van der Waals surface area contributed by atoms with Crippen molar-refractivity contribution in [3.63, 3.8) is 0 Å². The van der Waals surface area contributed by atoms with Gasteiger partial charge in [-0.3, -0.25) is 9.10 Å². The molecule has 0 unspecified atom stereocenters. The molecule has 0 aromatic heterocycles. The van der Waals surface area contributed by atoms with E-state index in [0.29, 0.717) is 11.4 Å². The van der Waals surface area contributed by atoms with E-state index in [1.54, 1.807) is 12.1 Å². The Morgan fingerprint density at radius 1 is 0.880 bits per heavy atom. The molecular weight excluding hydrogens is 336 g/mol. The van der Waals surface area contributed by atoms with Crippen LogP contribution in [-0.4, -0.2) is 27.1 Å². The van der Waals surface area contributed by atoms with Gasteiger partial charge in [-0.15, -0.1) is 0 Å². The van der Waals surface area contributed by atoms with Crippen molar-refractivity contribution in [1.82, 2.24) is 0 Å². The van der Waals surface area contributed by atoms with Gasteiger partial charge in [-0.2, -0.15) is 0 Å². The Kier molecular flexibility index (Phi) is 5.52. The molecule has 0 saturated carbocycles. The number of anilines is 2. The Morgan fingerprint density at radius 3 is 1.76 bits per heavy atom. The Bertz CT molecular complexity index is 864. The van der Waals surface area contributed by atoms with Crippen molar-refractivity contribution in [3.8, 4) is 0 Å². The summed E-state index contributed by atoms with van der Waals surface area (Å²) in [6.45, 7) is 7.41. The van der Waals surface area contributed by atoms with Gasteiger partial charge in [-0.1, -0.05) is 12.1 Å². The number of benzene rings is 2. The van der Waals surface area contributed by atoms with Crippen molar-refractivity contribution in [2.24, 2.45) is 0 Å². The van der Waals surface area contributed by atoms with Crippen LogP contribution in [0.3, 0.4) is 0 Å². The van der Waals surface area contributed by atoms with Gasteiger partial charge >= 0.3 is 0 Å². The van der Waals surface area contributed by atoms with Gasteiger partial charge in [0, 0.05) is 5.69 Å². The normalized spacial score (nSPS) is 11.2. The standard InChI is InChI=1S/C19H24N2O3S/c1-13-6-14(2)9-17(8-13)20-19(22)12-21(25(5,23)24)18-10-15(3)7-16(4)11-18/h6-11H,12H2,1-5H3,(H,20,22). The highest BCUT2D eigenvalue weighted by atomic mass is 32.2. The Morgan fingerprint density at radius 2 is 1.32 bits per heavy atom. The van der Waals surface area contributed by atoms with E-state index < -0.39 is 10.0 Å². The Hall–Kier alpha value is -2.34. The number of hydrogen-bond acceptors (Lipinski definition) is 3. The van der Waals surface area contributed by atoms with E-state index in [1.165, 1.54) is 0 Å². The maximum Gasteiger partial charge on any atom is 0.245 e. The summed E-state index contributed by atoms with van der Waals surface area (Å²) in [5, 5.41) is 2.78. The molecule has 0 aliphatic heterocycles. The average Bonchev–Trinajstić information content (AvgIpc) is 2.41. The Labute approximate surface area is 149 Å². The second kappa shape index (κ2) is 7.27. The van der Waals surface area contributed by atoms with Crippen molar-refractivity contribution in [2.45, 2.75) is 27.7 Å². The number of nitrogens with zero attached hydrogens (tertiary/aromatic N) is 1. The molecule has 0 aliphatic rings. The van der Waals surface area contributed by atoms with Crippen LogP contribution in [0.15, 0.2) is 36.4 Å². The van der Waals surface area contributed by atoms with Gasteiger partial charge in [0.2, 0.25) is 15.9 Å². The van der Waals surface area contributed by atoms with Crippen LogP contribution in [0.25, 0.3) is 0 Å². The Balaban J connectivity index is 2.26. The smallest absolute Gasteiger partial charge is 0.245 e. The van der Waals surface area contributed by atoms with Crippen molar-refractivity contribution in [1.29, 1.82) is 0 Å². The summed E-state index contributed by atoms with van der Waals surface area (Å²) in [6.07, 6.45) is 1.11. The van der Waals surface area contributed by atoms with Crippen LogP contribution in [0.2, 0.25) is 0 Å². The molecular formula is C19H24N2O3S. The van der Waals surface area contributed by atoms with Gasteiger partial charge in [-0.05, 0) is 74.2 Å². The van der Waals surface area contributed by atoms with Crippen molar-refractivity contribution in [3.05, 3.63) is 58.7 Å². The highest BCUT2D eigenvalue weighted by Gasteiger charge is 2.21. The zero-order valence-electron chi connectivity index (χ0n) is 15.3. The van der Waals surface area contributed by atoms with Crippen molar-refractivity contribution < 1.29 is 13.2 Å². The minimum atomic E-state index is -3.58. The van der Waals surface area contributed by atoms with Crippen LogP contribution in [0, 0.1) is 27.7 Å². The van der Waals surface area contributed by atoms with Gasteiger partial charge < -0.3 is 5.32 Å². The molecule has 2 aromatic rings. The van der Waals surface area contributed by atoms with Gasteiger partial charge in [0.25, 0.3) is 0 Å². The molecule has 134 valence electrons. The number of sulfonamides is 1. The molecule has 0 atom stereocenters. The number of nitrogens with one attached hydrogen (secondary N) is 1. The molecule has 0 fully saturated rings. The first kappa shape index (κ1) is 19.0. The first-order valence-electron chi connectivity index (χ1n) is 7.99. The lowest BCUT2D eigenvalue weighted by Gasteiger charge is -2.23. The second-order valence-corrected chi connectivity index (χ2v) is 8.45. The van der Waals surface area contributed by atoms with Crippen molar-refractivity contribution in [2.75, 3.05) is 22.4 Å². The SMILES string of the molecule is Cc1cc(C)cc(NC(=O)CN(c2cc(C)cc(C)c2)S(C)(=O)=O)c1. The van der Waals surface area contributed by atoms with Crippen LogP contribution < -0.4 is 9.62 Å². The van der Waals surface area contributed by atoms with E-state index in [-0.39, 0.29) is 12.5 Å². The van der Waals surface area contributed by atoms with Crippen LogP contribution in [0.4, 0.5) is 11.4 Å². The molecule has 2 aromatic carbocycles. The van der Waals surface area contributed by atoms with E-state index >= 15 is 0 Å². The minimum Gasteiger partial charge on any atom is -0.324 e. The lowest BCUT2D eigenvalue weighted by molar-refractivity contribution is -0.114. The predicted molar refractivity (Wildman–Crippen MR) is 103 cm³/mol. The number of hydrogen-bond donors (Lipinski definition) is 1. The highest BCUT2D eigenvalue weighted by molar-refractivity contribution is 7.92. The zero-order valence-corrected chi connectivity index (χ0v) is 16.1. The molecule has 1 amide bonds. The maximum atomic E-state index is 12.4. The summed E-state index contributed by atoms with van der Waals surface area (Å²) in [5.74, 6) is -0.380. The second-order valence-electron chi connectivity index (χ2n) is 6.54. The lowest BCUT2D eigenvalue weighted by Crippen LogP contribution is -2.37. The molecule has 5 nitrogen and oxygen atoms in total. The van der Waals surface area contributed by atoms with Gasteiger partial charge in [0.15, 0.2) is 0 Å². The molecule has 2 rings (SSSR count). The fraction of sp³-hybridized carbons (Fsp3) is 0.316. The fourth-order valence-electron chi connectivity index (χ4n) is 2.87.